The molecule has 5 heteroatoms. The highest BCUT2D eigenvalue weighted by Gasteiger charge is 2.19. The number of carbonyl (C=O) groups is 1. The van der Waals surface area contributed by atoms with Crippen LogP contribution in [0.25, 0.3) is 11.0 Å². The van der Waals surface area contributed by atoms with Crippen molar-refractivity contribution in [1.29, 1.82) is 0 Å². The van der Waals surface area contributed by atoms with Gasteiger partial charge in [-0.1, -0.05) is 41.4 Å². The van der Waals surface area contributed by atoms with Crippen molar-refractivity contribution in [3.63, 3.8) is 0 Å². The van der Waals surface area contributed by atoms with Crippen LogP contribution in [0.5, 0.6) is 0 Å². The van der Waals surface area contributed by atoms with Gasteiger partial charge in [0.05, 0.1) is 9.90 Å². The Bertz CT molecular complexity index is 709. The van der Waals surface area contributed by atoms with Gasteiger partial charge in [-0.15, -0.1) is 11.3 Å². The lowest BCUT2D eigenvalue weighted by molar-refractivity contribution is 0.101. The minimum absolute atomic E-state index is 0.251. The Hall–Kier alpha value is -1.29. The topological polar surface area (TPSA) is 30.2 Å². The van der Waals surface area contributed by atoms with Gasteiger partial charge in [-0.25, -0.2) is 0 Å². The molecule has 2 nitrogen and oxygen atoms in total. The number of thiophene rings is 1. The average Bonchev–Trinajstić information content (AvgIpc) is 2.91. The molecule has 0 amide bonds. The molecule has 1 aromatic carbocycles. The second-order valence-electron chi connectivity index (χ2n) is 3.72. The van der Waals surface area contributed by atoms with Crippen LogP contribution in [0, 0.1) is 0 Å². The molecule has 0 bridgehead atoms. The van der Waals surface area contributed by atoms with Gasteiger partial charge in [-0.3, -0.25) is 4.79 Å². The van der Waals surface area contributed by atoms with Gasteiger partial charge < -0.3 is 4.42 Å². The molecule has 0 aliphatic carbocycles. The second kappa shape index (κ2) is 4.43. The summed E-state index contributed by atoms with van der Waals surface area (Å²) in [6.45, 7) is 0. The summed E-state index contributed by atoms with van der Waals surface area (Å²) < 4.78 is 6.37. The predicted octanol–water partition coefficient (Wildman–Crippen LogP) is 5.03. The van der Waals surface area contributed by atoms with Crippen molar-refractivity contribution >= 4 is 51.3 Å². The van der Waals surface area contributed by atoms with E-state index in [1.165, 1.54) is 11.3 Å². The summed E-state index contributed by atoms with van der Waals surface area (Å²) in [6, 6.07) is 10.7. The quantitative estimate of drug-likeness (QED) is 0.621. The van der Waals surface area contributed by atoms with Crippen LogP contribution in [0.3, 0.4) is 0 Å². The Kier molecular flexibility index (Phi) is 2.90. The maximum Gasteiger partial charge on any atom is 0.230 e. The van der Waals surface area contributed by atoms with E-state index in [-0.39, 0.29) is 11.5 Å². The Morgan fingerprint density at radius 2 is 1.94 bits per heavy atom. The SMILES string of the molecule is O=C(c1cc2ccccc2o1)c1cc(Cl)sc1Cl. The van der Waals surface area contributed by atoms with Crippen molar-refractivity contribution in [3.05, 3.63) is 56.4 Å². The van der Waals surface area contributed by atoms with E-state index in [0.29, 0.717) is 19.8 Å². The number of carbonyl (C=O) groups excluding carboxylic acids is 1. The average molecular weight is 297 g/mol. The van der Waals surface area contributed by atoms with E-state index in [0.717, 1.165) is 5.39 Å². The van der Waals surface area contributed by atoms with Gasteiger partial charge in [0.1, 0.15) is 9.92 Å². The Morgan fingerprint density at radius 3 is 2.61 bits per heavy atom. The molecule has 0 radical (unpaired) electrons. The summed E-state index contributed by atoms with van der Waals surface area (Å²) >= 11 is 13.0. The lowest BCUT2D eigenvalue weighted by Crippen LogP contribution is -1.97. The lowest BCUT2D eigenvalue weighted by Gasteiger charge is -1.93. The number of para-hydroxylation sites is 1. The highest BCUT2D eigenvalue weighted by molar-refractivity contribution is 7.20. The van der Waals surface area contributed by atoms with Crippen molar-refractivity contribution in [1.82, 2.24) is 0 Å². The van der Waals surface area contributed by atoms with E-state index in [1.54, 1.807) is 12.1 Å². The molecular weight excluding hydrogens is 291 g/mol. The summed E-state index contributed by atoms with van der Waals surface area (Å²) in [5.41, 5.74) is 1.06. The molecule has 18 heavy (non-hydrogen) atoms. The van der Waals surface area contributed by atoms with E-state index >= 15 is 0 Å². The zero-order valence-electron chi connectivity index (χ0n) is 8.94. The molecule has 2 heterocycles. The number of halogens is 2. The van der Waals surface area contributed by atoms with Crippen LogP contribution in [0.15, 0.2) is 40.8 Å². The van der Waals surface area contributed by atoms with Gasteiger partial charge >= 0.3 is 0 Å². The Morgan fingerprint density at radius 1 is 1.17 bits per heavy atom. The monoisotopic (exact) mass is 296 g/mol. The molecule has 0 saturated heterocycles. The maximum absolute atomic E-state index is 12.2. The molecule has 0 N–H and O–H groups in total. The standard InChI is InChI=1S/C13H6Cl2O2S/c14-11-6-8(13(15)18-11)12(16)10-5-7-3-1-2-4-9(7)17-10/h1-6H. The minimum Gasteiger partial charge on any atom is -0.453 e. The zero-order chi connectivity index (χ0) is 12.7. The number of fused-ring (bicyclic) bond motifs is 1. The molecule has 0 aliphatic rings. The largest absolute Gasteiger partial charge is 0.453 e. The summed E-state index contributed by atoms with van der Waals surface area (Å²) in [6.07, 6.45) is 0. The first-order valence-electron chi connectivity index (χ1n) is 5.13. The van der Waals surface area contributed by atoms with Gasteiger partial charge in [-0.05, 0) is 18.2 Å². The lowest BCUT2D eigenvalue weighted by atomic mass is 10.1. The smallest absolute Gasteiger partial charge is 0.230 e. The molecule has 3 aromatic rings. The van der Waals surface area contributed by atoms with Gasteiger partial charge in [0, 0.05) is 5.39 Å². The third-order valence-electron chi connectivity index (χ3n) is 2.55. The van der Waals surface area contributed by atoms with E-state index in [9.17, 15) is 4.79 Å². The third-order valence-corrected chi connectivity index (χ3v) is 4.04. The van der Waals surface area contributed by atoms with Crippen molar-refractivity contribution in [2.24, 2.45) is 0 Å². The molecule has 2 aromatic heterocycles. The summed E-state index contributed by atoms with van der Waals surface area (Å²) in [5, 5.41) is 0.887. The zero-order valence-corrected chi connectivity index (χ0v) is 11.3. The number of hydrogen-bond donors (Lipinski definition) is 0. The normalized spacial score (nSPS) is 11.0. The highest BCUT2D eigenvalue weighted by atomic mass is 35.5. The van der Waals surface area contributed by atoms with E-state index < -0.39 is 0 Å². The summed E-state index contributed by atoms with van der Waals surface area (Å²) in [5.74, 6) is 0.0203. The number of ketones is 1. The van der Waals surface area contributed by atoms with Crippen LogP contribution in [0.1, 0.15) is 16.1 Å². The number of furan rings is 1. The molecule has 0 spiro atoms. The van der Waals surface area contributed by atoms with Crippen LogP contribution in [-0.4, -0.2) is 5.78 Å². The fraction of sp³-hybridized carbons (Fsp3) is 0. The van der Waals surface area contributed by atoms with Crippen molar-refractivity contribution in [2.75, 3.05) is 0 Å². The summed E-state index contributed by atoms with van der Waals surface area (Å²) in [4.78, 5) is 12.2. The highest BCUT2D eigenvalue weighted by Crippen LogP contribution is 2.33. The Balaban J connectivity index is 2.09. The van der Waals surface area contributed by atoms with Gasteiger partial charge in [0.2, 0.25) is 5.78 Å². The van der Waals surface area contributed by atoms with Crippen molar-refractivity contribution in [2.45, 2.75) is 0 Å². The third kappa shape index (κ3) is 1.94. The molecule has 0 unspecified atom stereocenters. The molecule has 0 atom stereocenters. The molecule has 0 saturated carbocycles. The maximum atomic E-state index is 12.2. The van der Waals surface area contributed by atoms with Crippen LogP contribution in [0.4, 0.5) is 0 Å². The molecule has 0 fully saturated rings. The van der Waals surface area contributed by atoms with Crippen LogP contribution >= 0.6 is 34.5 Å². The van der Waals surface area contributed by atoms with Crippen LogP contribution in [-0.2, 0) is 0 Å². The fourth-order valence-electron chi connectivity index (χ4n) is 1.72. The first-order chi connectivity index (χ1) is 8.65. The molecule has 3 rings (SSSR count). The number of rotatable bonds is 2. The van der Waals surface area contributed by atoms with Gasteiger partial charge in [0.25, 0.3) is 0 Å². The first-order valence-corrected chi connectivity index (χ1v) is 6.70. The van der Waals surface area contributed by atoms with E-state index in [4.69, 9.17) is 27.6 Å². The van der Waals surface area contributed by atoms with E-state index in [2.05, 4.69) is 0 Å². The summed E-state index contributed by atoms with van der Waals surface area (Å²) in [7, 11) is 0. The molecule has 0 aliphatic heterocycles. The first kappa shape index (κ1) is 11.8. The molecular formula is C13H6Cl2O2S. The molecule has 90 valence electrons. The van der Waals surface area contributed by atoms with Crippen LogP contribution < -0.4 is 0 Å². The van der Waals surface area contributed by atoms with Gasteiger partial charge in [0.15, 0.2) is 5.76 Å². The minimum atomic E-state index is -0.251. The van der Waals surface area contributed by atoms with Crippen LogP contribution in [0.2, 0.25) is 8.67 Å². The Labute approximate surface area is 117 Å². The number of hydrogen-bond acceptors (Lipinski definition) is 3. The fourth-order valence-corrected chi connectivity index (χ4v) is 3.18. The van der Waals surface area contributed by atoms with Crippen molar-refractivity contribution in [3.8, 4) is 0 Å². The van der Waals surface area contributed by atoms with Crippen molar-refractivity contribution < 1.29 is 9.21 Å². The number of benzene rings is 1. The predicted molar refractivity (Wildman–Crippen MR) is 74.0 cm³/mol. The second-order valence-corrected chi connectivity index (χ2v) is 6.00. The van der Waals surface area contributed by atoms with E-state index in [1.807, 2.05) is 24.3 Å². The van der Waals surface area contributed by atoms with Gasteiger partial charge in [-0.2, -0.15) is 0 Å².